The second kappa shape index (κ2) is 14.4. The minimum Gasteiger partial charge on any atom is -0.461 e. The van der Waals surface area contributed by atoms with Gasteiger partial charge in [-0.3, -0.25) is 14.4 Å². The summed E-state index contributed by atoms with van der Waals surface area (Å²) in [4.78, 5) is 52.5. The highest BCUT2D eigenvalue weighted by molar-refractivity contribution is 5.96. The van der Waals surface area contributed by atoms with Crippen molar-refractivity contribution in [3.8, 4) is 0 Å². The predicted octanol–water partition coefficient (Wildman–Crippen LogP) is 6.76. The number of ketones is 1. The Morgan fingerprint density at radius 2 is 1.65 bits per heavy atom. The first-order valence-corrected chi connectivity index (χ1v) is 17.2. The zero-order chi connectivity index (χ0) is 33.9. The average molecular weight is 639 g/mol. The van der Waals surface area contributed by atoms with E-state index in [9.17, 15) is 24.3 Å². The van der Waals surface area contributed by atoms with Gasteiger partial charge in [-0.2, -0.15) is 0 Å². The van der Waals surface area contributed by atoms with Gasteiger partial charge >= 0.3 is 17.9 Å². The van der Waals surface area contributed by atoms with Gasteiger partial charge in [0.1, 0.15) is 6.61 Å². The van der Waals surface area contributed by atoms with Crippen LogP contribution in [-0.4, -0.2) is 53.2 Å². The molecule has 2 bridgehead atoms. The molecule has 2 saturated carbocycles. The summed E-state index contributed by atoms with van der Waals surface area (Å²) in [7, 11) is 0. The number of carbonyl (C=O) groups excluding carboxylic acids is 4. The molecule has 0 amide bonds. The summed E-state index contributed by atoms with van der Waals surface area (Å²) in [5, 5.41) is 13.0. The first-order valence-electron chi connectivity index (χ1n) is 17.2. The molecule has 1 spiro atoms. The normalized spacial score (nSPS) is 34.2. The Labute approximate surface area is 274 Å². The molecule has 1 N–H and O–H groups in total. The largest absolute Gasteiger partial charge is 0.461 e. The van der Waals surface area contributed by atoms with Crippen molar-refractivity contribution in [2.45, 2.75) is 124 Å². The topological polar surface area (TPSA) is 116 Å². The van der Waals surface area contributed by atoms with Crippen LogP contribution in [0, 0.1) is 34.5 Å². The summed E-state index contributed by atoms with van der Waals surface area (Å²) in [5.74, 6) is -2.79. The van der Waals surface area contributed by atoms with E-state index < -0.39 is 47.0 Å². The zero-order valence-electron chi connectivity index (χ0n) is 28.8. The Morgan fingerprint density at radius 1 is 0.978 bits per heavy atom. The van der Waals surface area contributed by atoms with Crippen molar-refractivity contribution in [3.05, 3.63) is 47.6 Å². The molecule has 0 aliphatic heterocycles. The molecule has 8 heteroatoms. The quantitative estimate of drug-likeness (QED) is 0.0554. The molecule has 254 valence electrons. The van der Waals surface area contributed by atoms with Crippen LogP contribution in [0.15, 0.2) is 47.6 Å². The molecule has 8 atom stereocenters. The summed E-state index contributed by atoms with van der Waals surface area (Å²) in [5.41, 5.74) is -2.92. The van der Waals surface area contributed by atoms with Crippen molar-refractivity contribution in [1.82, 2.24) is 0 Å². The number of allylic oxidation sites excluding steroid dienone is 4. The SMILES string of the molecule is CCCCCCCCC/C=C\C=C\C(=O)O[C@H]1C(C)=C[C@]23C(=O)[C@@H](C=C(COC(C)=O)[C@@H](OC(C)=O)[C@]12O)[C@H]1[C@@H](C[C@H]3C)C1(C)C. The molecule has 0 saturated heterocycles. The van der Waals surface area contributed by atoms with E-state index >= 15 is 0 Å². The average Bonchev–Trinajstić information content (AvgIpc) is 3.48. The third-order valence-electron chi connectivity index (χ3n) is 11.1. The van der Waals surface area contributed by atoms with Crippen molar-refractivity contribution in [1.29, 1.82) is 0 Å². The van der Waals surface area contributed by atoms with Crippen LogP contribution in [0.4, 0.5) is 0 Å². The van der Waals surface area contributed by atoms with Gasteiger partial charge in [0.2, 0.25) is 0 Å². The monoisotopic (exact) mass is 638 g/mol. The highest BCUT2D eigenvalue weighted by Gasteiger charge is 2.77. The standard InChI is InChI=1S/C38H54O8/c1-8-9-10-11-12-13-14-15-16-17-18-19-31(41)46-34-24(2)22-37-25(3)20-30-32(36(30,6)7)29(33(37)42)21-28(23-44-26(4)39)35(38(34,37)43)45-27(5)40/h16-19,21-22,25,29-30,32,34-35,43H,8-15,20,23H2,1-7H3/b17-16-,19-18+/t25-,29+,30-,32+,34+,35-,37+,38-/m1/s1. The fourth-order valence-corrected chi connectivity index (χ4v) is 8.76. The van der Waals surface area contributed by atoms with E-state index in [4.69, 9.17) is 14.2 Å². The van der Waals surface area contributed by atoms with E-state index in [2.05, 4.69) is 20.8 Å². The van der Waals surface area contributed by atoms with Crippen molar-refractivity contribution >= 4 is 23.7 Å². The molecule has 0 radical (unpaired) electrons. The lowest BCUT2D eigenvalue weighted by atomic mass is 9.59. The minimum absolute atomic E-state index is 0.0144. The summed E-state index contributed by atoms with van der Waals surface area (Å²) in [6, 6.07) is 0. The maximum Gasteiger partial charge on any atom is 0.331 e. The Balaban J connectivity index is 1.61. The number of unbranched alkanes of at least 4 members (excludes halogenated alkanes) is 7. The van der Waals surface area contributed by atoms with Gasteiger partial charge in [0.15, 0.2) is 23.6 Å². The number of hydrogen-bond donors (Lipinski definition) is 1. The summed E-state index contributed by atoms with van der Waals surface area (Å²) < 4.78 is 17.2. The number of fused-ring (bicyclic) bond motifs is 3. The lowest BCUT2D eigenvalue weighted by Crippen LogP contribution is -2.66. The summed E-state index contributed by atoms with van der Waals surface area (Å²) in [6.07, 6.45) is 17.8. The molecular weight excluding hydrogens is 584 g/mol. The van der Waals surface area contributed by atoms with Gasteiger partial charge in [-0.05, 0) is 54.9 Å². The van der Waals surface area contributed by atoms with Gasteiger partial charge in [-0.15, -0.1) is 0 Å². The number of esters is 3. The van der Waals surface area contributed by atoms with Gasteiger partial charge in [0.25, 0.3) is 0 Å². The van der Waals surface area contributed by atoms with E-state index in [1.165, 1.54) is 58.4 Å². The number of Topliss-reactive ketones (excluding diaryl/α,β-unsaturated/α-hetero) is 1. The third kappa shape index (κ3) is 6.69. The summed E-state index contributed by atoms with van der Waals surface area (Å²) >= 11 is 0. The van der Waals surface area contributed by atoms with E-state index in [0.29, 0.717) is 17.6 Å². The van der Waals surface area contributed by atoms with Gasteiger partial charge in [-0.1, -0.05) is 96.6 Å². The number of aliphatic hydroxyl groups is 1. The Morgan fingerprint density at radius 3 is 2.30 bits per heavy atom. The fraction of sp³-hybridized carbons (Fsp3) is 0.684. The molecule has 0 aromatic rings. The molecule has 46 heavy (non-hydrogen) atoms. The molecule has 2 fully saturated rings. The zero-order valence-corrected chi connectivity index (χ0v) is 28.8. The Hall–Kier alpha value is -3.00. The molecule has 4 aliphatic rings. The highest BCUT2D eigenvalue weighted by Crippen LogP contribution is 2.72. The summed E-state index contributed by atoms with van der Waals surface area (Å²) in [6.45, 7) is 12.4. The molecule has 0 aromatic carbocycles. The van der Waals surface area contributed by atoms with Crippen LogP contribution in [0.25, 0.3) is 0 Å². The highest BCUT2D eigenvalue weighted by atomic mass is 16.6. The van der Waals surface area contributed by atoms with Crippen LogP contribution in [-0.2, 0) is 33.4 Å². The smallest absolute Gasteiger partial charge is 0.331 e. The number of hydrogen-bond acceptors (Lipinski definition) is 8. The fourth-order valence-electron chi connectivity index (χ4n) is 8.76. The molecule has 0 unspecified atom stereocenters. The van der Waals surface area contributed by atoms with Crippen molar-refractivity contribution in [3.63, 3.8) is 0 Å². The first kappa shape index (κ1) is 35.8. The van der Waals surface area contributed by atoms with Crippen LogP contribution >= 0.6 is 0 Å². The Kier molecular flexibility index (Phi) is 11.2. The predicted molar refractivity (Wildman–Crippen MR) is 175 cm³/mol. The molecule has 8 nitrogen and oxygen atoms in total. The van der Waals surface area contributed by atoms with Crippen molar-refractivity contribution < 1.29 is 38.5 Å². The molecule has 0 heterocycles. The maximum atomic E-state index is 14.8. The second-order valence-electron chi connectivity index (χ2n) is 14.6. The molecule has 4 rings (SSSR count). The van der Waals surface area contributed by atoms with Crippen molar-refractivity contribution in [2.24, 2.45) is 34.5 Å². The lowest BCUT2D eigenvalue weighted by Gasteiger charge is -2.49. The number of ether oxygens (including phenoxy) is 3. The van der Waals surface area contributed by atoms with Crippen LogP contribution in [0.2, 0.25) is 0 Å². The van der Waals surface area contributed by atoms with Crippen LogP contribution < -0.4 is 0 Å². The molecule has 0 aromatic heterocycles. The lowest BCUT2D eigenvalue weighted by molar-refractivity contribution is -0.210. The Bertz CT molecular complexity index is 1300. The second-order valence-corrected chi connectivity index (χ2v) is 14.6. The first-order chi connectivity index (χ1) is 21.7. The van der Waals surface area contributed by atoms with E-state index in [0.717, 1.165) is 12.8 Å². The van der Waals surface area contributed by atoms with Gasteiger partial charge in [0, 0.05) is 31.4 Å². The minimum atomic E-state index is -2.16. The van der Waals surface area contributed by atoms with Gasteiger partial charge in [-0.25, -0.2) is 4.79 Å². The van der Waals surface area contributed by atoms with Crippen LogP contribution in [0.5, 0.6) is 0 Å². The van der Waals surface area contributed by atoms with E-state index in [-0.39, 0.29) is 35.6 Å². The third-order valence-corrected chi connectivity index (χ3v) is 11.1. The van der Waals surface area contributed by atoms with Crippen molar-refractivity contribution in [2.75, 3.05) is 6.61 Å². The maximum absolute atomic E-state index is 14.8. The van der Waals surface area contributed by atoms with Crippen LogP contribution in [0.1, 0.15) is 106 Å². The van der Waals surface area contributed by atoms with Gasteiger partial charge in [0.05, 0.1) is 5.41 Å². The molecule has 4 aliphatic carbocycles. The number of rotatable bonds is 14. The van der Waals surface area contributed by atoms with E-state index in [1.807, 2.05) is 19.1 Å². The molecular formula is C38H54O8. The number of carbonyl (C=O) groups is 4. The van der Waals surface area contributed by atoms with E-state index in [1.54, 1.807) is 25.2 Å². The van der Waals surface area contributed by atoms with Gasteiger partial charge < -0.3 is 19.3 Å². The van der Waals surface area contributed by atoms with Crippen LogP contribution in [0.3, 0.4) is 0 Å².